The zero-order valence-electron chi connectivity index (χ0n) is 14.4. The van der Waals surface area contributed by atoms with Crippen LogP contribution in [0.5, 0.6) is 0 Å². The molecule has 0 aliphatic carbocycles. The fourth-order valence-electron chi connectivity index (χ4n) is 3.47. The van der Waals surface area contributed by atoms with E-state index in [0.717, 1.165) is 30.2 Å². The van der Waals surface area contributed by atoms with Crippen molar-refractivity contribution in [3.05, 3.63) is 58.9 Å². The second kappa shape index (κ2) is 6.96. The van der Waals surface area contributed by atoms with Crippen LogP contribution in [0.25, 0.3) is 5.65 Å². The van der Waals surface area contributed by atoms with Crippen LogP contribution in [0.4, 0.5) is 5.82 Å². The highest BCUT2D eigenvalue weighted by atomic mass is 35.5. The van der Waals surface area contributed by atoms with Crippen molar-refractivity contribution in [3.63, 3.8) is 0 Å². The maximum absolute atomic E-state index is 12.1. The van der Waals surface area contributed by atoms with Crippen LogP contribution in [0, 0.1) is 0 Å². The van der Waals surface area contributed by atoms with E-state index in [1.165, 1.54) is 11.8 Å². The maximum atomic E-state index is 12.1. The highest BCUT2D eigenvalue weighted by Gasteiger charge is 2.28. The van der Waals surface area contributed by atoms with Crippen molar-refractivity contribution in [3.8, 4) is 0 Å². The number of ether oxygens (including phenoxy) is 1. The number of hydrogen-bond acceptors (Lipinski definition) is 5. The standard InChI is InChI=1S/C19H19ClN4O2/c1-2-26-19(25)15-12-21-24-10-8-17(22-18(15)24)23-9-4-7-16(23)13-5-3-6-14(20)11-13/h3,5-6,8,10-12,16H,2,4,7,9H2,1H3/t16-/m1/s1. The number of hydrogen-bond donors (Lipinski definition) is 0. The first-order valence-corrected chi connectivity index (χ1v) is 9.09. The summed E-state index contributed by atoms with van der Waals surface area (Å²) in [6, 6.07) is 10.1. The summed E-state index contributed by atoms with van der Waals surface area (Å²) in [5, 5.41) is 4.93. The Balaban J connectivity index is 1.71. The Kier molecular flexibility index (Phi) is 4.51. The molecule has 134 valence electrons. The number of esters is 1. The monoisotopic (exact) mass is 370 g/mol. The van der Waals surface area contributed by atoms with Crippen LogP contribution in [0.15, 0.2) is 42.7 Å². The summed E-state index contributed by atoms with van der Waals surface area (Å²) in [6.45, 7) is 3.00. The minimum absolute atomic E-state index is 0.220. The Bertz CT molecular complexity index is 956. The lowest BCUT2D eigenvalue weighted by Crippen LogP contribution is -2.23. The van der Waals surface area contributed by atoms with Crippen LogP contribution in [-0.4, -0.2) is 33.7 Å². The molecule has 4 rings (SSSR count). The van der Waals surface area contributed by atoms with Crippen LogP contribution in [0.2, 0.25) is 5.02 Å². The summed E-state index contributed by atoms with van der Waals surface area (Å²) in [6.07, 6.45) is 5.45. The molecule has 0 N–H and O–H groups in total. The lowest BCUT2D eigenvalue weighted by molar-refractivity contribution is 0.0528. The molecule has 1 aliphatic heterocycles. The first-order chi connectivity index (χ1) is 12.7. The van der Waals surface area contributed by atoms with Crippen molar-refractivity contribution in [2.75, 3.05) is 18.1 Å². The summed E-state index contributed by atoms with van der Waals surface area (Å²) in [5.74, 6) is 0.422. The number of fused-ring (bicyclic) bond motifs is 1. The number of halogens is 1. The van der Waals surface area contributed by atoms with Gasteiger partial charge in [-0.1, -0.05) is 23.7 Å². The van der Waals surface area contributed by atoms with Crippen LogP contribution in [0.1, 0.15) is 41.7 Å². The van der Waals surface area contributed by atoms with Gasteiger partial charge in [0.2, 0.25) is 0 Å². The Morgan fingerprint density at radius 1 is 1.38 bits per heavy atom. The summed E-state index contributed by atoms with van der Waals surface area (Å²) in [7, 11) is 0. The van der Waals surface area contributed by atoms with Gasteiger partial charge in [-0.3, -0.25) is 0 Å². The van der Waals surface area contributed by atoms with E-state index >= 15 is 0 Å². The normalized spacial score (nSPS) is 17.0. The second-order valence-electron chi connectivity index (χ2n) is 6.24. The number of aromatic nitrogens is 3. The van der Waals surface area contributed by atoms with Crippen molar-refractivity contribution in [1.82, 2.24) is 14.6 Å². The van der Waals surface area contributed by atoms with Gasteiger partial charge in [-0.15, -0.1) is 0 Å². The fraction of sp³-hybridized carbons (Fsp3) is 0.316. The number of anilines is 1. The smallest absolute Gasteiger partial charge is 0.343 e. The molecule has 1 fully saturated rings. The first-order valence-electron chi connectivity index (χ1n) is 8.71. The van der Waals surface area contributed by atoms with Crippen molar-refractivity contribution >= 4 is 29.0 Å². The Morgan fingerprint density at radius 3 is 3.08 bits per heavy atom. The van der Waals surface area contributed by atoms with E-state index in [1.54, 1.807) is 11.4 Å². The SMILES string of the molecule is CCOC(=O)c1cnn2ccc(N3CCC[C@@H]3c3cccc(Cl)c3)nc12. The predicted molar refractivity (Wildman–Crippen MR) is 99.7 cm³/mol. The van der Waals surface area contributed by atoms with Gasteiger partial charge in [-0.2, -0.15) is 5.10 Å². The summed E-state index contributed by atoms with van der Waals surface area (Å²) in [5.41, 5.74) is 2.07. The zero-order chi connectivity index (χ0) is 18.1. The van der Waals surface area contributed by atoms with E-state index in [0.29, 0.717) is 17.8 Å². The average Bonchev–Trinajstić information content (AvgIpc) is 3.28. The summed E-state index contributed by atoms with van der Waals surface area (Å²) < 4.78 is 6.70. The number of carbonyl (C=O) groups is 1. The van der Waals surface area contributed by atoms with Gasteiger partial charge in [0, 0.05) is 17.8 Å². The molecule has 1 aromatic carbocycles. The van der Waals surface area contributed by atoms with Crippen LogP contribution >= 0.6 is 11.6 Å². The molecule has 0 spiro atoms. The van der Waals surface area contributed by atoms with Gasteiger partial charge in [0.25, 0.3) is 0 Å². The molecular weight excluding hydrogens is 352 g/mol. The molecule has 0 amide bonds. The van der Waals surface area contributed by atoms with Crippen LogP contribution in [-0.2, 0) is 4.74 Å². The largest absolute Gasteiger partial charge is 0.462 e. The van der Waals surface area contributed by atoms with E-state index < -0.39 is 5.97 Å². The Labute approximate surface area is 156 Å². The first kappa shape index (κ1) is 16.8. The molecule has 0 saturated carbocycles. The quantitative estimate of drug-likeness (QED) is 0.652. The molecular formula is C19H19ClN4O2. The molecule has 1 aliphatic rings. The van der Waals surface area contributed by atoms with E-state index in [9.17, 15) is 4.79 Å². The molecule has 3 aromatic rings. The van der Waals surface area contributed by atoms with E-state index in [-0.39, 0.29) is 6.04 Å². The third-order valence-electron chi connectivity index (χ3n) is 4.63. The fourth-order valence-corrected chi connectivity index (χ4v) is 3.67. The maximum Gasteiger partial charge on any atom is 0.343 e. The number of carbonyl (C=O) groups excluding carboxylic acids is 1. The van der Waals surface area contributed by atoms with Gasteiger partial charge in [0.1, 0.15) is 11.4 Å². The van der Waals surface area contributed by atoms with E-state index in [1.807, 2.05) is 30.5 Å². The predicted octanol–water partition coefficient (Wildman–Crippen LogP) is 3.90. The van der Waals surface area contributed by atoms with Crippen molar-refractivity contribution in [2.24, 2.45) is 0 Å². The molecule has 0 bridgehead atoms. The lowest BCUT2D eigenvalue weighted by Gasteiger charge is -2.26. The molecule has 6 nitrogen and oxygen atoms in total. The highest BCUT2D eigenvalue weighted by molar-refractivity contribution is 6.30. The van der Waals surface area contributed by atoms with Gasteiger partial charge < -0.3 is 9.64 Å². The third-order valence-corrected chi connectivity index (χ3v) is 4.87. The number of nitrogens with zero attached hydrogens (tertiary/aromatic N) is 4. The second-order valence-corrected chi connectivity index (χ2v) is 6.68. The number of rotatable bonds is 4. The van der Waals surface area contributed by atoms with Gasteiger partial charge in [-0.25, -0.2) is 14.3 Å². The van der Waals surface area contributed by atoms with Gasteiger partial charge in [0.05, 0.1) is 18.8 Å². The zero-order valence-corrected chi connectivity index (χ0v) is 15.2. The third kappa shape index (κ3) is 3.01. The van der Waals surface area contributed by atoms with Crippen molar-refractivity contribution in [2.45, 2.75) is 25.8 Å². The molecule has 26 heavy (non-hydrogen) atoms. The summed E-state index contributed by atoms with van der Waals surface area (Å²) >= 11 is 6.17. The van der Waals surface area contributed by atoms with Gasteiger partial charge >= 0.3 is 5.97 Å². The van der Waals surface area contributed by atoms with Gasteiger partial charge in [-0.05, 0) is 43.5 Å². The van der Waals surface area contributed by atoms with Crippen molar-refractivity contribution < 1.29 is 9.53 Å². The minimum Gasteiger partial charge on any atom is -0.462 e. The topological polar surface area (TPSA) is 59.7 Å². The van der Waals surface area contributed by atoms with Crippen LogP contribution in [0.3, 0.4) is 0 Å². The molecule has 0 radical (unpaired) electrons. The van der Waals surface area contributed by atoms with Gasteiger partial charge in [0.15, 0.2) is 5.65 Å². The molecule has 0 unspecified atom stereocenters. The highest BCUT2D eigenvalue weighted by Crippen LogP contribution is 2.36. The molecule has 2 aromatic heterocycles. The van der Waals surface area contributed by atoms with E-state index in [4.69, 9.17) is 21.3 Å². The van der Waals surface area contributed by atoms with Crippen molar-refractivity contribution in [1.29, 1.82) is 0 Å². The van der Waals surface area contributed by atoms with Crippen LogP contribution < -0.4 is 4.90 Å². The molecule has 7 heteroatoms. The minimum atomic E-state index is -0.403. The summed E-state index contributed by atoms with van der Waals surface area (Å²) in [4.78, 5) is 19.1. The Morgan fingerprint density at radius 2 is 2.27 bits per heavy atom. The molecule has 1 saturated heterocycles. The average molecular weight is 371 g/mol. The molecule has 1 atom stereocenters. The number of benzene rings is 1. The Hall–Kier alpha value is -2.60. The molecule has 3 heterocycles. The van der Waals surface area contributed by atoms with E-state index in [2.05, 4.69) is 16.1 Å². The lowest BCUT2D eigenvalue weighted by atomic mass is 10.0.